The van der Waals surface area contributed by atoms with E-state index in [4.69, 9.17) is 12.2 Å². The quantitative estimate of drug-likeness (QED) is 0.736. The number of benzene rings is 1. The van der Waals surface area contributed by atoms with Crippen LogP contribution in [-0.4, -0.2) is 38.7 Å². The third kappa shape index (κ3) is 4.54. The van der Waals surface area contributed by atoms with Gasteiger partial charge in [0.2, 0.25) is 5.91 Å². The molecule has 0 aliphatic heterocycles. The highest BCUT2D eigenvalue weighted by Gasteiger charge is 2.14. The van der Waals surface area contributed by atoms with Crippen LogP contribution in [0.15, 0.2) is 24.3 Å². The van der Waals surface area contributed by atoms with Gasteiger partial charge in [0.25, 0.3) is 0 Å². The monoisotopic (exact) mass is 346 g/mol. The van der Waals surface area contributed by atoms with Crippen LogP contribution < -0.4 is 0 Å². The maximum atomic E-state index is 12.4. The van der Waals surface area contributed by atoms with Crippen LogP contribution in [0.2, 0.25) is 0 Å². The van der Waals surface area contributed by atoms with Crippen molar-refractivity contribution in [2.45, 2.75) is 46.6 Å². The molecule has 1 amide bonds. The average molecular weight is 346 g/mol. The zero-order valence-corrected chi connectivity index (χ0v) is 15.5. The van der Waals surface area contributed by atoms with Crippen molar-refractivity contribution in [2.75, 3.05) is 13.1 Å². The summed E-state index contributed by atoms with van der Waals surface area (Å²) in [5.74, 6) is 0.956. The molecule has 0 unspecified atom stereocenters. The highest BCUT2D eigenvalue weighted by molar-refractivity contribution is 7.71. The Balaban J connectivity index is 2.12. The molecule has 2 aromatic rings. The number of amides is 1. The van der Waals surface area contributed by atoms with E-state index in [1.54, 1.807) is 0 Å². The number of nitrogens with zero attached hydrogens (tertiary/aromatic N) is 3. The van der Waals surface area contributed by atoms with Crippen LogP contribution in [-0.2, 0) is 11.3 Å². The number of hydrogen-bond donors (Lipinski definition) is 1. The van der Waals surface area contributed by atoms with E-state index >= 15 is 0 Å². The van der Waals surface area contributed by atoms with Gasteiger partial charge in [-0.25, -0.2) is 0 Å². The van der Waals surface area contributed by atoms with Crippen LogP contribution in [0.25, 0.3) is 11.4 Å². The second kappa shape index (κ2) is 8.78. The highest BCUT2D eigenvalue weighted by atomic mass is 32.1. The maximum absolute atomic E-state index is 12.4. The van der Waals surface area contributed by atoms with Crippen LogP contribution >= 0.6 is 12.2 Å². The number of rotatable bonds is 8. The molecule has 1 aromatic heterocycles. The first kappa shape index (κ1) is 18.4. The standard InChI is InChI=1S/C18H26N4OS/c1-4-6-11-21(5-2)16(23)10-12-22-17(19-20-18(22)24)15-9-7-8-14(3)13-15/h7-9,13H,4-6,10-12H2,1-3H3,(H,20,24). The first-order valence-corrected chi connectivity index (χ1v) is 8.97. The molecular weight excluding hydrogens is 320 g/mol. The summed E-state index contributed by atoms with van der Waals surface area (Å²) in [4.78, 5) is 14.4. The summed E-state index contributed by atoms with van der Waals surface area (Å²) in [7, 11) is 0. The molecule has 0 saturated heterocycles. The molecule has 2 rings (SSSR count). The number of carbonyl (C=O) groups is 1. The van der Waals surface area contributed by atoms with Gasteiger partial charge in [-0.3, -0.25) is 14.5 Å². The number of aromatic nitrogens is 3. The third-order valence-electron chi connectivity index (χ3n) is 4.10. The Bertz CT molecular complexity index is 735. The number of H-pyrrole nitrogens is 1. The minimum atomic E-state index is 0.171. The van der Waals surface area contributed by atoms with Gasteiger partial charge >= 0.3 is 0 Å². The predicted octanol–water partition coefficient (Wildman–Crippen LogP) is 3.95. The fourth-order valence-electron chi connectivity index (χ4n) is 2.70. The largest absolute Gasteiger partial charge is 0.343 e. The van der Waals surface area contributed by atoms with Crippen molar-refractivity contribution >= 4 is 18.1 Å². The molecule has 0 radical (unpaired) electrons. The topological polar surface area (TPSA) is 53.9 Å². The Morgan fingerprint density at radius 3 is 2.83 bits per heavy atom. The Hall–Kier alpha value is -1.95. The minimum absolute atomic E-state index is 0.171. The summed E-state index contributed by atoms with van der Waals surface area (Å²) in [5.41, 5.74) is 2.17. The van der Waals surface area contributed by atoms with Gasteiger partial charge in [-0.05, 0) is 38.6 Å². The molecule has 1 aromatic carbocycles. The van der Waals surface area contributed by atoms with Crippen molar-refractivity contribution in [2.24, 2.45) is 0 Å². The van der Waals surface area contributed by atoms with Crippen LogP contribution in [0.1, 0.15) is 38.7 Å². The number of hydrogen-bond acceptors (Lipinski definition) is 3. The first-order chi connectivity index (χ1) is 11.6. The van der Waals surface area contributed by atoms with Gasteiger partial charge in [-0.15, -0.1) is 0 Å². The molecule has 24 heavy (non-hydrogen) atoms. The van der Waals surface area contributed by atoms with Crippen LogP contribution in [0, 0.1) is 11.7 Å². The molecular formula is C18H26N4OS. The molecule has 1 N–H and O–H groups in total. The van der Waals surface area contributed by atoms with Gasteiger partial charge in [0.05, 0.1) is 0 Å². The van der Waals surface area contributed by atoms with Gasteiger partial charge < -0.3 is 4.90 Å². The van der Waals surface area contributed by atoms with Crippen molar-refractivity contribution in [3.63, 3.8) is 0 Å². The zero-order chi connectivity index (χ0) is 17.5. The van der Waals surface area contributed by atoms with E-state index in [0.717, 1.165) is 37.3 Å². The molecule has 0 spiro atoms. The summed E-state index contributed by atoms with van der Waals surface area (Å²) < 4.78 is 2.46. The van der Waals surface area contributed by atoms with Gasteiger partial charge in [0.1, 0.15) is 0 Å². The fraction of sp³-hybridized carbons (Fsp3) is 0.500. The summed E-state index contributed by atoms with van der Waals surface area (Å²) in [5, 5.41) is 7.19. The molecule has 0 aliphatic carbocycles. The molecule has 130 valence electrons. The lowest BCUT2D eigenvalue weighted by molar-refractivity contribution is -0.131. The van der Waals surface area contributed by atoms with E-state index in [0.29, 0.717) is 17.7 Å². The van der Waals surface area contributed by atoms with Gasteiger partial charge in [-0.2, -0.15) is 5.10 Å². The number of carbonyl (C=O) groups excluding carboxylic acids is 1. The van der Waals surface area contributed by atoms with E-state index < -0.39 is 0 Å². The SMILES string of the molecule is CCCCN(CC)C(=O)CCn1c(-c2cccc(C)c2)n[nH]c1=S. The Morgan fingerprint density at radius 2 is 2.17 bits per heavy atom. The van der Waals surface area contributed by atoms with Crippen molar-refractivity contribution in [1.82, 2.24) is 19.7 Å². The van der Waals surface area contributed by atoms with E-state index in [-0.39, 0.29) is 5.91 Å². The Morgan fingerprint density at radius 1 is 1.38 bits per heavy atom. The number of nitrogens with one attached hydrogen (secondary N) is 1. The maximum Gasteiger partial charge on any atom is 0.224 e. The number of unbranched alkanes of at least 4 members (excludes halogenated alkanes) is 1. The van der Waals surface area contributed by atoms with Crippen LogP contribution in [0.4, 0.5) is 0 Å². The molecule has 5 nitrogen and oxygen atoms in total. The summed E-state index contributed by atoms with van der Waals surface area (Å²) in [6, 6.07) is 8.13. The Kier molecular flexibility index (Phi) is 6.73. The average Bonchev–Trinajstić information content (AvgIpc) is 2.94. The zero-order valence-electron chi connectivity index (χ0n) is 14.7. The van der Waals surface area contributed by atoms with E-state index in [9.17, 15) is 4.79 Å². The minimum Gasteiger partial charge on any atom is -0.343 e. The van der Waals surface area contributed by atoms with E-state index in [1.807, 2.05) is 41.5 Å². The molecule has 0 aliphatic rings. The predicted molar refractivity (Wildman–Crippen MR) is 99.4 cm³/mol. The molecule has 1 heterocycles. The molecule has 0 fully saturated rings. The normalized spacial score (nSPS) is 10.8. The van der Waals surface area contributed by atoms with Crippen molar-refractivity contribution in [3.05, 3.63) is 34.6 Å². The summed E-state index contributed by atoms with van der Waals surface area (Å²) in [6.45, 7) is 8.33. The van der Waals surface area contributed by atoms with Gasteiger partial charge in [0.15, 0.2) is 10.6 Å². The van der Waals surface area contributed by atoms with Gasteiger partial charge in [-0.1, -0.05) is 37.1 Å². The molecule has 6 heteroatoms. The smallest absolute Gasteiger partial charge is 0.224 e. The summed E-state index contributed by atoms with van der Waals surface area (Å²) >= 11 is 5.34. The van der Waals surface area contributed by atoms with Crippen LogP contribution in [0.5, 0.6) is 0 Å². The van der Waals surface area contributed by atoms with Gasteiger partial charge in [0, 0.05) is 31.6 Å². The lowest BCUT2D eigenvalue weighted by Gasteiger charge is -2.20. The van der Waals surface area contributed by atoms with Crippen molar-refractivity contribution in [1.29, 1.82) is 0 Å². The third-order valence-corrected chi connectivity index (χ3v) is 4.41. The second-order valence-corrected chi connectivity index (χ2v) is 6.34. The Labute approximate surface area is 148 Å². The lowest BCUT2D eigenvalue weighted by Crippen LogP contribution is -2.32. The van der Waals surface area contributed by atoms with Crippen molar-refractivity contribution < 1.29 is 4.79 Å². The molecule has 0 bridgehead atoms. The summed E-state index contributed by atoms with van der Waals surface area (Å²) in [6.07, 6.45) is 2.57. The second-order valence-electron chi connectivity index (χ2n) is 5.95. The number of aryl methyl sites for hydroxylation is 1. The van der Waals surface area contributed by atoms with Crippen LogP contribution in [0.3, 0.4) is 0 Å². The number of aromatic amines is 1. The molecule has 0 saturated carbocycles. The fourth-order valence-corrected chi connectivity index (χ4v) is 2.93. The van der Waals surface area contributed by atoms with E-state index in [1.165, 1.54) is 5.56 Å². The first-order valence-electron chi connectivity index (χ1n) is 8.56. The lowest BCUT2D eigenvalue weighted by atomic mass is 10.1. The highest BCUT2D eigenvalue weighted by Crippen LogP contribution is 2.19. The van der Waals surface area contributed by atoms with Crippen molar-refractivity contribution in [3.8, 4) is 11.4 Å². The molecule has 0 atom stereocenters. The van der Waals surface area contributed by atoms with E-state index in [2.05, 4.69) is 23.2 Å².